The zero-order valence-corrected chi connectivity index (χ0v) is 11.5. The predicted molar refractivity (Wildman–Crippen MR) is 73.0 cm³/mol. The number of nitrogens with zero attached hydrogens (tertiary/aromatic N) is 1. The molecule has 1 unspecified atom stereocenters. The molecule has 0 aromatic heterocycles. The van der Waals surface area contributed by atoms with Crippen LogP contribution in [0.2, 0.25) is 0 Å². The van der Waals surface area contributed by atoms with E-state index in [0.29, 0.717) is 18.5 Å². The van der Waals surface area contributed by atoms with Crippen LogP contribution in [0, 0.1) is 5.92 Å². The van der Waals surface area contributed by atoms with E-state index < -0.39 is 5.54 Å². The Morgan fingerprint density at radius 3 is 2.17 bits per heavy atom. The fourth-order valence-corrected chi connectivity index (χ4v) is 3.25. The van der Waals surface area contributed by atoms with Crippen LogP contribution in [0.5, 0.6) is 0 Å². The first-order chi connectivity index (χ1) is 8.54. The van der Waals surface area contributed by atoms with Gasteiger partial charge in [-0.1, -0.05) is 25.7 Å². The summed E-state index contributed by atoms with van der Waals surface area (Å²) in [4.78, 5) is 13.9. The number of rotatable bonds is 5. The normalized spacial score (nSPS) is 25.7. The number of likely N-dealkylation sites (N-methyl/N-ethyl adjacent to an activating group) is 1. The first-order valence-electron chi connectivity index (χ1n) is 7.33. The van der Waals surface area contributed by atoms with Crippen LogP contribution in [0.15, 0.2) is 0 Å². The van der Waals surface area contributed by atoms with Gasteiger partial charge in [-0.15, -0.1) is 0 Å². The van der Waals surface area contributed by atoms with E-state index in [1.807, 2.05) is 0 Å². The molecule has 4 N–H and O–H groups in total. The van der Waals surface area contributed by atoms with Gasteiger partial charge in [0.25, 0.3) is 0 Å². The highest BCUT2D eigenvalue weighted by atomic mass is 16.1. The highest BCUT2D eigenvalue weighted by molar-refractivity contribution is 5.85. The van der Waals surface area contributed by atoms with Gasteiger partial charge in [0.05, 0.1) is 0 Å². The van der Waals surface area contributed by atoms with Crippen LogP contribution in [0.1, 0.15) is 51.4 Å². The van der Waals surface area contributed by atoms with Crippen LogP contribution < -0.4 is 11.5 Å². The Labute approximate surface area is 110 Å². The van der Waals surface area contributed by atoms with E-state index in [-0.39, 0.29) is 5.91 Å². The molecule has 0 aromatic rings. The molecule has 2 aliphatic rings. The number of hydrogen-bond acceptors (Lipinski definition) is 3. The van der Waals surface area contributed by atoms with Gasteiger partial charge in [-0.05, 0) is 38.6 Å². The second-order valence-electron chi connectivity index (χ2n) is 6.24. The van der Waals surface area contributed by atoms with E-state index in [1.165, 1.54) is 38.5 Å². The van der Waals surface area contributed by atoms with Gasteiger partial charge >= 0.3 is 0 Å². The summed E-state index contributed by atoms with van der Waals surface area (Å²) >= 11 is 0. The number of primary amides is 1. The molecule has 104 valence electrons. The first-order valence-corrected chi connectivity index (χ1v) is 7.33. The fraction of sp³-hybridized carbons (Fsp3) is 0.929. The monoisotopic (exact) mass is 253 g/mol. The molecule has 2 saturated carbocycles. The van der Waals surface area contributed by atoms with Gasteiger partial charge in [0, 0.05) is 12.6 Å². The molecule has 4 nitrogen and oxygen atoms in total. The van der Waals surface area contributed by atoms with Gasteiger partial charge in [0.1, 0.15) is 5.54 Å². The molecule has 4 heteroatoms. The van der Waals surface area contributed by atoms with Crippen LogP contribution in [-0.2, 0) is 4.79 Å². The maximum absolute atomic E-state index is 11.7. The van der Waals surface area contributed by atoms with E-state index in [4.69, 9.17) is 11.5 Å². The molecule has 0 radical (unpaired) electrons. The van der Waals surface area contributed by atoms with Crippen LogP contribution in [-0.4, -0.2) is 36.0 Å². The Balaban J connectivity index is 1.95. The summed E-state index contributed by atoms with van der Waals surface area (Å²) in [7, 11) is 2.10. The molecule has 0 bridgehead atoms. The molecular weight excluding hydrogens is 226 g/mol. The number of carbonyl (C=O) groups is 1. The van der Waals surface area contributed by atoms with E-state index in [1.54, 1.807) is 0 Å². The lowest BCUT2D eigenvalue weighted by molar-refractivity contribution is -0.124. The summed E-state index contributed by atoms with van der Waals surface area (Å²) in [6.07, 6.45) is 9.86. The quantitative estimate of drug-likeness (QED) is 0.724. The van der Waals surface area contributed by atoms with Crippen LogP contribution in [0.3, 0.4) is 0 Å². The number of amides is 1. The van der Waals surface area contributed by atoms with Crippen molar-refractivity contribution in [3.8, 4) is 0 Å². The van der Waals surface area contributed by atoms with E-state index in [9.17, 15) is 4.79 Å². The number of nitrogens with two attached hydrogens (primary N) is 2. The van der Waals surface area contributed by atoms with Crippen LogP contribution in [0.25, 0.3) is 0 Å². The minimum atomic E-state index is -0.805. The summed E-state index contributed by atoms with van der Waals surface area (Å²) < 4.78 is 0. The van der Waals surface area contributed by atoms with Crippen molar-refractivity contribution in [2.75, 3.05) is 13.6 Å². The Kier molecular flexibility index (Phi) is 4.28. The van der Waals surface area contributed by atoms with E-state index >= 15 is 0 Å². The third-order valence-corrected chi connectivity index (χ3v) is 4.72. The Hall–Kier alpha value is -0.610. The van der Waals surface area contributed by atoms with Gasteiger partial charge in [0.2, 0.25) is 5.91 Å². The van der Waals surface area contributed by atoms with Crippen molar-refractivity contribution in [1.82, 2.24) is 4.90 Å². The van der Waals surface area contributed by atoms with Gasteiger partial charge in [-0.25, -0.2) is 0 Å². The molecule has 2 aliphatic carbocycles. The molecule has 2 fully saturated rings. The third kappa shape index (κ3) is 3.04. The zero-order chi connectivity index (χ0) is 13.2. The van der Waals surface area contributed by atoms with Gasteiger partial charge in [-0.3, -0.25) is 4.79 Å². The maximum Gasteiger partial charge on any atom is 0.239 e. The maximum atomic E-state index is 11.7. The molecule has 2 rings (SSSR count). The minimum absolute atomic E-state index is 0.309. The molecule has 0 aromatic carbocycles. The summed E-state index contributed by atoms with van der Waals surface area (Å²) in [5.74, 6) is -0.0197. The van der Waals surface area contributed by atoms with Gasteiger partial charge < -0.3 is 16.4 Å². The standard InChI is InChI=1S/C14H27N3O/c1-17(12-6-4-2-3-5-7-12)10-14(16,13(15)18)11-8-9-11/h11-12H,2-10,16H2,1H3,(H2,15,18). The van der Waals surface area contributed by atoms with Gasteiger partial charge in [0.15, 0.2) is 0 Å². The Morgan fingerprint density at radius 1 is 1.17 bits per heavy atom. The van der Waals surface area contributed by atoms with E-state index in [0.717, 1.165) is 12.8 Å². The van der Waals surface area contributed by atoms with Crippen molar-refractivity contribution in [3.63, 3.8) is 0 Å². The van der Waals surface area contributed by atoms with Crippen molar-refractivity contribution in [1.29, 1.82) is 0 Å². The molecule has 0 saturated heterocycles. The predicted octanol–water partition coefficient (Wildman–Crippen LogP) is 1.23. The van der Waals surface area contributed by atoms with Crippen molar-refractivity contribution < 1.29 is 4.79 Å². The van der Waals surface area contributed by atoms with Crippen molar-refractivity contribution in [2.24, 2.45) is 17.4 Å². The molecule has 0 aliphatic heterocycles. The van der Waals surface area contributed by atoms with Crippen molar-refractivity contribution in [2.45, 2.75) is 62.9 Å². The van der Waals surface area contributed by atoms with Gasteiger partial charge in [-0.2, -0.15) is 0 Å². The lowest BCUT2D eigenvalue weighted by Crippen LogP contribution is -2.61. The first kappa shape index (κ1) is 13.8. The molecule has 0 heterocycles. The largest absolute Gasteiger partial charge is 0.368 e. The summed E-state index contributed by atoms with van der Waals surface area (Å²) in [5, 5.41) is 0. The van der Waals surface area contributed by atoms with Crippen LogP contribution >= 0.6 is 0 Å². The lowest BCUT2D eigenvalue weighted by Gasteiger charge is -2.35. The van der Waals surface area contributed by atoms with Crippen molar-refractivity contribution in [3.05, 3.63) is 0 Å². The third-order valence-electron chi connectivity index (χ3n) is 4.72. The molecular formula is C14H27N3O. The number of carbonyl (C=O) groups excluding carboxylic acids is 1. The Morgan fingerprint density at radius 2 is 1.72 bits per heavy atom. The summed E-state index contributed by atoms with van der Waals surface area (Å²) in [6.45, 7) is 0.623. The topological polar surface area (TPSA) is 72.3 Å². The molecule has 1 atom stereocenters. The second kappa shape index (κ2) is 5.57. The molecule has 1 amide bonds. The zero-order valence-electron chi connectivity index (χ0n) is 11.5. The van der Waals surface area contributed by atoms with E-state index in [2.05, 4.69) is 11.9 Å². The SMILES string of the molecule is CN(CC(N)(C(N)=O)C1CC1)C1CCCCCC1. The number of hydrogen-bond donors (Lipinski definition) is 2. The smallest absolute Gasteiger partial charge is 0.239 e. The average Bonchev–Trinajstić information content (AvgIpc) is 3.15. The van der Waals surface area contributed by atoms with Crippen LogP contribution in [0.4, 0.5) is 0 Å². The fourth-order valence-electron chi connectivity index (χ4n) is 3.25. The lowest BCUT2D eigenvalue weighted by atomic mass is 9.92. The van der Waals surface area contributed by atoms with Crippen molar-refractivity contribution >= 4 is 5.91 Å². The average molecular weight is 253 g/mol. The minimum Gasteiger partial charge on any atom is -0.368 e. The summed E-state index contributed by atoms with van der Waals surface area (Å²) in [6, 6.07) is 0.577. The Bertz CT molecular complexity index is 295. The molecule has 0 spiro atoms. The molecule has 18 heavy (non-hydrogen) atoms. The second-order valence-corrected chi connectivity index (χ2v) is 6.24. The summed E-state index contributed by atoms with van der Waals surface area (Å²) in [5.41, 5.74) is 11.0. The highest BCUT2D eigenvalue weighted by Crippen LogP contribution is 2.39. The highest BCUT2D eigenvalue weighted by Gasteiger charge is 2.47.